The molecule has 0 bridgehead atoms. The molecule has 0 N–H and O–H groups in total. The Morgan fingerprint density at radius 2 is 2.10 bits per heavy atom. The highest BCUT2D eigenvalue weighted by atomic mass is 16.5. The second-order valence-electron chi connectivity index (χ2n) is 6.57. The van der Waals surface area contributed by atoms with Gasteiger partial charge in [0.05, 0.1) is 11.7 Å². The Bertz CT molecular complexity index is 667. The van der Waals surface area contributed by atoms with Crippen LogP contribution in [0.4, 0.5) is 0 Å². The van der Waals surface area contributed by atoms with Crippen LogP contribution in [0.1, 0.15) is 48.9 Å². The summed E-state index contributed by atoms with van der Waals surface area (Å²) >= 11 is 0. The van der Waals surface area contributed by atoms with E-state index in [9.17, 15) is 4.79 Å². The first-order valence-corrected chi connectivity index (χ1v) is 8.00. The van der Waals surface area contributed by atoms with Gasteiger partial charge in [0.1, 0.15) is 6.29 Å². The summed E-state index contributed by atoms with van der Waals surface area (Å²) in [5.41, 5.74) is 2.14. The lowest BCUT2D eigenvalue weighted by Gasteiger charge is -2.24. The van der Waals surface area contributed by atoms with Gasteiger partial charge in [-0.05, 0) is 49.9 Å². The lowest BCUT2D eigenvalue weighted by Crippen LogP contribution is -2.26. The summed E-state index contributed by atoms with van der Waals surface area (Å²) in [6.45, 7) is 0.922. The summed E-state index contributed by atoms with van der Waals surface area (Å²) in [5, 5.41) is 1.13. The van der Waals surface area contributed by atoms with Gasteiger partial charge in [-0.3, -0.25) is 4.79 Å². The minimum Gasteiger partial charge on any atom is -0.370 e. The first-order chi connectivity index (χ1) is 10.3. The monoisotopic (exact) mass is 283 g/mol. The van der Waals surface area contributed by atoms with Gasteiger partial charge in [0.2, 0.25) is 0 Å². The summed E-state index contributed by atoms with van der Waals surface area (Å²) in [6.07, 6.45) is 10.9. The van der Waals surface area contributed by atoms with Gasteiger partial charge >= 0.3 is 0 Å². The normalized spacial score (nSPS) is 24.1. The fourth-order valence-electron chi connectivity index (χ4n) is 4.08. The van der Waals surface area contributed by atoms with Crippen molar-refractivity contribution >= 4 is 17.2 Å². The summed E-state index contributed by atoms with van der Waals surface area (Å²) in [5.74, 6) is 0. The van der Waals surface area contributed by atoms with Gasteiger partial charge < -0.3 is 9.30 Å². The number of aromatic nitrogens is 1. The van der Waals surface area contributed by atoms with Crippen molar-refractivity contribution in [1.29, 1.82) is 0 Å². The molecule has 2 heterocycles. The first kappa shape index (κ1) is 13.1. The molecule has 1 aliphatic heterocycles. The fraction of sp³-hybridized carbons (Fsp3) is 0.500. The van der Waals surface area contributed by atoms with E-state index in [0.29, 0.717) is 6.10 Å². The van der Waals surface area contributed by atoms with Gasteiger partial charge in [-0.15, -0.1) is 0 Å². The van der Waals surface area contributed by atoms with E-state index < -0.39 is 0 Å². The maximum absolute atomic E-state index is 10.9. The summed E-state index contributed by atoms with van der Waals surface area (Å²) in [7, 11) is 0. The predicted molar refractivity (Wildman–Crippen MR) is 82.6 cm³/mol. The zero-order valence-electron chi connectivity index (χ0n) is 12.3. The summed E-state index contributed by atoms with van der Waals surface area (Å²) < 4.78 is 8.67. The molecule has 2 aromatic rings. The van der Waals surface area contributed by atoms with E-state index in [2.05, 4.69) is 16.8 Å². The van der Waals surface area contributed by atoms with Gasteiger partial charge in [-0.2, -0.15) is 0 Å². The van der Waals surface area contributed by atoms with Gasteiger partial charge in [0.25, 0.3) is 0 Å². The molecule has 1 spiro atoms. The zero-order chi connectivity index (χ0) is 14.3. The van der Waals surface area contributed by atoms with Crippen LogP contribution < -0.4 is 0 Å². The number of hydrogen-bond donors (Lipinski definition) is 0. The number of nitrogens with zero attached hydrogens (tertiary/aromatic N) is 1. The lowest BCUT2D eigenvalue weighted by atomic mass is 9.98. The van der Waals surface area contributed by atoms with E-state index in [0.717, 1.165) is 23.8 Å². The van der Waals surface area contributed by atoms with Gasteiger partial charge in [-0.1, -0.05) is 12.8 Å². The Morgan fingerprint density at radius 3 is 2.90 bits per heavy atom. The molecule has 110 valence electrons. The Labute approximate surface area is 124 Å². The molecule has 1 aromatic carbocycles. The largest absolute Gasteiger partial charge is 0.370 e. The van der Waals surface area contributed by atoms with Crippen molar-refractivity contribution in [2.45, 2.75) is 56.8 Å². The van der Waals surface area contributed by atoms with Crippen molar-refractivity contribution in [2.24, 2.45) is 0 Å². The number of aldehydes is 1. The molecule has 3 heteroatoms. The average Bonchev–Trinajstić information content (AvgIpc) is 3.22. The summed E-state index contributed by atoms with van der Waals surface area (Å²) in [6, 6.07) is 7.97. The van der Waals surface area contributed by atoms with E-state index in [1.807, 2.05) is 18.2 Å². The molecular formula is C18H21NO2. The van der Waals surface area contributed by atoms with Crippen LogP contribution >= 0.6 is 0 Å². The Balaban J connectivity index is 1.54. The van der Waals surface area contributed by atoms with Crippen molar-refractivity contribution in [3.8, 4) is 0 Å². The van der Waals surface area contributed by atoms with Crippen LogP contribution in [-0.4, -0.2) is 22.6 Å². The number of hydrogen-bond acceptors (Lipinski definition) is 2. The predicted octanol–water partition coefficient (Wildman–Crippen LogP) is 3.95. The van der Waals surface area contributed by atoms with Crippen LogP contribution in [0.15, 0.2) is 30.5 Å². The molecule has 1 saturated carbocycles. The third-order valence-corrected chi connectivity index (χ3v) is 5.18. The number of carbonyl (C=O) groups excluding carboxylic acids is 1. The molecule has 3 nitrogen and oxygen atoms in total. The van der Waals surface area contributed by atoms with Crippen LogP contribution in [0.5, 0.6) is 0 Å². The van der Waals surface area contributed by atoms with Crippen LogP contribution in [0.3, 0.4) is 0 Å². The molecule has 1 unspecified atom stereocenters. The van der Waals surface area contributed by atoms with Crippen LogP contribution in [0.2, 0.25) is 0 Å². The number of ether oxygens (including phenoxy) is 1. The van der Waals surface area contributed by atoms with Gasteiger partial charge in [0, 0.05) is 29.2 Å². The highest BCUT2D eigenvalue weighted by Crippen LogP contribution is 2.43. The van der Waals surface area contributed by atoms with E-state index >= 15 is 0 Å². The molecule has 21 heavy (non-hydrogen) atoms. The van der Waals surface area contributed by atoms with Gasteiger partial charge in [-0.25, -0.2) is 0 Å². The number of carbonyl (C=O) groups is 1. The summed E-state index contributed by atoms with van der Waals surface area (Å²) in [4.78, 5) is 10.9. The number of benzene rings is 1. The molecule has 2 aliphatic rings. The van der Waals surface area contributed by atoms with Crippen molar-refractivity contribution in [3.05, 3.63) is 36.0 Å². The van der Waals surface area contributed by atoms with E-state index in [4.69, 9.17) is 4.74 Å². The minimum atomic E-state index is 0.207. The molecular weight excluding hydrogens is 262 g/mol. The third-order valence-electron chi connectivity index (χ3n) is 5.18. The number of fused-ring (bicyclic) bond motifs is 1. The molecule has 1 atom stereocenters. The number of rotatable bonds is 3. The second kappa shape index (κ2) is 4.99. The minimum absolute atomic E-state index is 0.207. The fourth-order valence-corrected chi connectivity index (χ4v) is 4.08. The van der Waals surface area contributed by atoms with E-state index in [1.165, 1.54) is 44.0 Å². The van der Waals surface area contributed by atoms with Crippen molar-refractivity contribution in [1.82, 2.24) is 4.57 Å². The van der Waals surface area contributed by atoms with E-state index in [-0.39, 0.29) is 5.60 Å². The SMILES string of the molecule is O=Cc1ccc2c(ccn2CC2CCC3(CCCC3)O2)c1. The standard InChI is InChI=1S/C18H21NO2/c20-13-14-3-4-17-15(11-14)6-10-19(17)12-16-5-9-18(21-16)7-1-2-8-18/h3-4,6,10-11,13,16H,1-2,5,7-9,12H2. The Hall–Kier alpha value is -1.61. The Kier molecular flexibility index (Phi) is 3.11. The molecule has 2 fully saturated rings. The lowest BCUT2D eigenvalue weighted by molar-refractivity contribution is -0.0414. The van der Waals surface area contributed by atoms with Crippen LogP contribution in [0.25, 0.3) is 10.9 Å². The maximum atomic E-state index is 10.9. The average molecular weight is 283 g/mol. The van der Waals surface area contributed by atoms with Gasteiger partial charge in [0.15, 0.2) is 0 Å². The highest BCUT2D eigenvalue weighted by Gasteiger charge is 2.42. The molecule has 4 rings (SSSR count). The molecule has 0 radical (unpaired) electrons. The third kappa shape index (κ3) is 2.30. The van der Waals surface area contributed by atoms with Crippen LogP contribution in [-0.2, 0) is 11.3 Å². The first-order valence-electron chi connectivity index (χ1n) is 8.00. The quantitative estimate of drug-likeness (QED) is 0.799. The van der Waals surface area contributed by atoms with Crippen molar-refractivity contribution < 1.29 is 9.53 Å². The maximum Gasteiger partial charge on any atom is 0.150 e. The zero-order valence-corrected chi connectivity index (χ0v) is 12.3. The molecule has 1 aliphatic carbocycles. The second-order valence-corrected chi connectivity index (χ2v) is 6.57. The molecule has 1 aromatic heterocycles. The smallest absolute Gasteiger partial charge is 0.150 e. The van der Waals surface area contributed by atoms with Crippen molar-refractivity contribution in [2.75, 3.05) is 0 Å². The highest BCUT2D eigenvalue weighted by molar-refractivity contribution is 5.87. The molecule has 1 saturated heterocycles. The van der Waals surface area contributed by atoms with Crippen LogP contribution in [0, 0.1) is 0 Å². The topological polar surface area (TPSA) is 31.2 Å². The van der Waals surface area contributed by atoms with Crippen molar-refractivity contribution in [3.63, 3.8) is 0 Å². The Morgan fingerprint density at radius 1 is 1.24 bits per heavy atom. The van der Waals surface area contributed by atoms with E-state index in [1.54, 1.807) is 0 Å². The molecule has 0 amide bonds.